The van der Waals surface area contributed by atoms with Crippen LogP contribution in [0.5, 0.6) is 5.75 Å². The summed E-state index contributed by atoms with van der Waals surface area (Å²) in [5, 5.41) is 0. The maximum atomic E-state index is 13.3. The number of fused-ring (bicyclic) bond motifs is 4. The number of ketones is 1. The summed E-state index contributed by atoms with van der Waals surface area (Å²) < 4.78 is 19.2. The third-order valence-corrected chi connectivity index (χ3v) is 4.98. The average molecular weight is 286 g/mol. The van der Waals surface area contributed by atoms with Crippen LogP contribution in [0.15, 0.2) is 47.4 Å². The van der Waals surface area contributed by atoms with Crippen molar-refractivity contribution in [2.24, 2.45) is 0 Å². The lowest BCUT2D eigenvalue weighted by Gasteiger charge is -2.36. The summed E-state index contributed by atoms with van der Waals surface area (Å²) in [6.07, 6.45) is -0.211. The van der Waals surface area contributed by atoms with Gasteiger partial charge in [-0.2, -0.15) is 0 Å². The predicted octanol–water partition coefficient (Wildman–Crippen LogP) is 3.66. The fourth-order valence-electron chi connectivity index (χ4n) is 2.88. The second kappa shape index (κ2) is 4.35. The van der Waals surface area contributed by atoms with Gasteiger partial charge < -0.3 is 4.74 Å². The van der Waals surface area contributed by atoms with Gasteiger partial charge in [-0.1, -0.05) is 18.2 Å². The summed E-state index contributed by atoms with van der Waals surface area (Å²) in [5.41, 5.74) is 1.50. The van der Waals surface area contributed by atoms with Crippen molar-refractivity contribution in [3.8, 4) is 5.75 Å². The van der Waals surface area contributed by atoms with Crippen LogP contribution in [-0.4, -0.2) is 17.6 Å². The molecule has 2 nitrogen and oxygen atoms in total. The van der Waals surface area contributed by atoms with E-state index < -0.39 is 0 Å². The lowest BCUT2D eigenvalue weighted by Crippen LogP contribution is -2.40. The minimum atomic E-state index is -0.376. The Labute approximate surface area is 120 Å². The Kier molecular flexibility index (Phi) is 2.60. The Morgan fingerprint density at radius 2 is 2.05 bits per heavy atom. The van der Waals surface area contributed by atoms with Crippen LogP contribution in [0.25, 0.3) is 0 Å². The molecular formula is C16H11FO2S. The lowest BCUT2D eigenvalue weighted by molar-refractivity contribution is 0.0809. The SMILES string of the molecule is O=C1c2ccc(F)cc2O[C@@H]2CSc3ccccc3[C@@H]12. The molecule has 4 heteroatoms. The quantitative estimate of drug-likeness (QED) is 0.739. The largest absolute Gasteiger partial charge is 0.488 e. The van der Waals surface area contributed by atoms with Gasteiger partial charge in [-0.3, -0.25) is 4.79 Å². The summed E-state index contributed by atoms with van der Waals surface area (Å²) in [6, 6.07) is 12.1. The Morgan fingerprint density at radius 3 is 2.95 bits per heavy atom. The number of hydrogen-bond acceptors (Lipinski definition) is 3. The van der Waals surface area contributed by atoms with Crippen molar-refractivity contribution in [2.75, 3.05) is 5.75 Å². The molecule has 0 bridgehead atoms. The standard InChI is InChI=1S/C16H11FO2S/c17-9-5-6-10-12(7-9)19-13-8-20-14-4-2-1-3-11(14)15(13)16(10)18/h1-7,13,15H,8H2/t13-,15-/m1/s1. The highest BCUT2D eigenvalue weighted by molar-refractivity contribution is 7.99. The smallest absolute Gasteiger partial charge is 0.177 e. The minimum Gasteiger partial charge on any atom is -0.488 e. The molecule has 4 rings (SSSR count). The molecule has 0 N–H and O–H groups in total. The number of halogens is 1. The first kappa shape index (κ1) is 12.0. The zero-order valence-corrected chi connectivity index (χ0v) is 11.3. The molecule has 0 radical (unpaired) electrons. The van der Waals surface area contributed by atoms with Gasteiger partial charge in [-0.25, -0.2) is 4.39 Å². The average Bonchev–Trinajstić information content (AvgIpc) is 2.46. The van der Waals surface area contributed by atoms with E-state index in [9.17, 15) is 9.18 Å². The van der Waals surface area contributed by atoms with Gasteiger partial charge >= 0.3 is 0 Å². The fraction of sp³-hybridized carbons (Fsp3) is 0.188. The molecule has 20 heavy (non-hydrogen) atoms. The van der Waals surface area contributed by atoms with Crippen molar-refractivity contribution in [3.05, 3.63) is 59.4 Å². The molecule has 100 valence electrons. The highest BCUT2D eigenvalue weighted by Gasteiger charge is 2.41. The van der Waals surface area contributed by atoms with E-state index in [1.165, 1.54) is 18.2 Å². The van der Waals surface area contributed by atoms with Crippen LogP contribution in [0.4, 0.5) is 4.39 Å². The molecule has 2 heterocycles. The van der Waals surface area contributed by atoms with Gasteiger partial charge in [0, 0.05) is 16.7 Å². The summed E-state index contributed by atoms with van der Waals surface area (Å²) in [4.78, 5) is 13.8. The van der Waals surface area contributed by atoms with Crippen molar-refractivity contribution >= 4 is 17.5 Å². The number of rotatable bonds is 0. The first-order chi connectivity index (χ1) is 9.74. The third-order valence-electron chi connectivity index (χ3n) is 3.80. The molecule has 0 aromatic heterocycles. The van der Waals surface area contributed by atoms with E-state index in [0.29, 0.717) is 17.1 Å². The maximum Gasteiger partial charge on any atom is 0.177 e. The maximum absolute atomic E-state index is 13.3. The van der Waals surface area contributed by atoms with Gasteiger partial charge in [0.05, 0.1) is 11.5 Å². The van der Waals surface area contributed by atoms with Gasteiger partial charge in [0.2, 0.25) is 0 Å². The monoisotopic (exact) mass is 286 g/mol. The van der Waals surface area contributed by atoms with E-state index in [0.717, 1.165) is 10.5 Å². The number of carbonyl (C=O) groups is 1. The number of thioether (sulfide) groups is 1. The van der Waals surface area contributed by atoms with E-state index in [2.05, 4.69) is 0 Å². The normalized spacial score (nSPS) is 23.4. The summed E-state index contributed by atoms with van der Waals surface area (Å²) in [5.74, 6) is 0.466. The molecule has 2 aromatic carbocycles. The number of benzene rings is 2. The molecule has 0 amide bonds. The number of hydrogen-bond donors (Lipinski definition) is 0. The number of carbonyl (C=O) groups excluding carboxylic acids is 1. The lowest BCUT2D eigenvalue weighted by atomic mass is 9.84. The van der Waals surface area contributed by atoms with Crippen molar-refractivity contribution in [1.82, 2.24) is 0 Å². The molecule has 0 spiro atoms. The predicted molar refractivity (Wildman–Crippen MR) is 75.1 cm³/mol. The van der Waals surface area contributed by atoms with Crippen LogP contribution in [0.1, 0.15) is 21.8 Å². The second-order valence-electron chi connectivity index (χ2n) is 4.99. The van der Waals surface area contributed by atoms with Crippen LogP contribution >= 0.6 is 11.8 Å². The molecule has 2 atom stereocenters. The number of ether oxygens (including phenoxy) is 1. The Bertz CT molecular complexity index is 713. The van der Waals surface area contributed by atoms with Crippen LogP contribution < -0.4 is 4.74 Å². The summed E-state index contributed by atoms with van der Waals surface area (Å²) >= 11 is 1.68. The van der Waals surface area contributed by atoms with E-state index in [4.69, 9.17) is 4.74 Å². The van der Waals surface area contributed by atoms with Gasteiger partial charge in [-0.05, 0) is 23.8 Å². The van der Waals surface area contributed by atoms with Gasteiger partial charge in [-0.15, -0.1) is 11.8 Å². The van der Waals surface area contributed by atoms with Crippen molar-refractivity contribution in [3.63, 3.8) is 0 Å². The first-order valence-electron chi connectivity index (χ1n) is 6.46. The molecule has 0 unspecified atom stereocenters. The zero-order valence-electron chi connectivity index (χ0n) is 10.5. The molecule has 2 aromatic rings. The summed E-state index contributed by atoms with van der Waals surface area (Å²) in [6.45, 7) is 0. The van der Waals surface area contributed by atoms with Crippen molar-refractivity contribution < 1.29 is 13.9 Å². The molecule has 0 fully saturated rings. The van der Waals surface area contributed by atoms with E-state index in [-0.39, 0.29) is 23.6 Å². The molecule has 2 aliphatic rings. The molecule has 2 aliphatic heterocycles. The van der Waals surface area contributed by atoms with Gasteiger partial charge in [0.25, 0.3) is 0 Å². The first-order valence-corrected chi connectivity index (χ1v) is 7.45. The Hall–Kier alpha value is -1.81. The van der Waals surface area contributed by atoms with Crippen molar-refractivity contribution in [2.45, 2.75) is 16.9 Å². The topological polar surface area (TPSA) is 26.3 Å². The molecule has 0 aliphatic carbocycles. The van der Waals surface area contributed by atoms with Crippen LogP contribution in [-0.2, 0) is 0 Å². The molecule has 0 saturated heterocycles. The van der Waals surface area contributed by atoms with Crippen LogP contribution in [0, 0.1) is 5.82 Å². The molecular weight excluding hydrogens is 275 g/mol. The van der Waals surface area contributed by atoms with Crippen molar-refractivity contribution in [1.29, 1.82) is 0 Å². The second-order valence-corrected chi connectivity index (χ2v) is 6.05. The highest BCUT2D eigenvalue weighted by atomic mass is 32.2. The third kappa shape index (κ3) is 1.68. The van der Waals surface area contributed by atoms with Crippen LogP contribution in [0.2, 0.25) is 0 Å². The van der Waals surface area contributed by atoms with E-state index >= 15 is 0 Å². The Balaban J connectivity index is 1.86. The number of Topliss-reactive ketones (excluding diaryl/α,β-unsaturated/α-hetero) is 1. The van der Waals surface area contributed by atoms with Crippen LogP contribution in [0.3, 0.4) is 0 Å². The van der Waals surface area contributed by atoms with E-state index in [1.807, 2.05) is 24.3 Å². The molecule has 0 saturated carbocycles. The Morgan fingerprint density at radius 1 is 1.20 bits per heavy atom. The zero-order chi connectivity index (χ0) is 13.7. The van der Waals surface area contributed by atoms with Gasteiger partial charge in [0.15, 0.2) is 5.78 Å². The minimum absolute atomic E-state index is 0.0315. The fourth-order valence-corrected chi connectivity index (χ4v) is 4.02. The highest BCUT2D eigenvalue weighted by Crippen LogP contribution is 2.44. The van der Waals surface area contributed by atoms with Gasteiger partial charge in [0.1, 0.15) is 17.7 Å². The van der Waals surface area contributed by atoms with E-state index in [1.54, 1.807) is 11.8 Å². The summed E-state index contributed by atoms with van der Waals surface area (Å²) in [7, 11) is 0.